The van der Waals surface area contributed by atoms with Gasteiger partial charge >= 0.3 is 0 Å². The van der Waals surface area contributed by atoms with Gasteiger partial charge in [-0.05, 0) is 18.4 Å². The van der Waals surface area contributed by atoms with E-state index in [-0.39, 0.29) is 5.38 Å². The molecular formula is C15H22ClN. The van der Waals surface area contributed by atoms with Crippen molar-refractivity contribution in [3.05, 3.63) is 35.9 Å². The summed E-state index contributed by atoms with van der Waals surface area (Å²) in [6.45, 7) is 0.885. The first-order valence-corrected chi connectivity index (χ1v) is 7.22. The fourth-order valence-corrected chi connectivity index (χ4v) is 2.77. The lowest BCUT2D eigenvalue weighted by Crippen LogP contribution is -2.31. The predicted octanol–water partition coefficient (Wildman–Crippen LogP) is 4.28. The van der Waals surface area contributed by atoms with Crippen molar-refractivity contribution in [3.63, 3.8) is 0 Å². The molecule has 94 valence electrons. The molecule has 0 bridgehead atoms. The minimum Gasteiger partial charge on any atom is -0.312 e. The molecule has 1 N–H and O–H groups in total. The van der Waals surface area contributed by atoms with Crippen molar-refractivity contribution in [2.24, 2.45) is 0 Å². The Hall–Kier alpha value is -0.530. The van der Waals surface area contributed by atoms with E-state index in [1.807, 2.05) is 6.07 Å². The number of nitrogens with one attached hydrogen (secondary N) is 1. The van der Waals surface area contributed by atoms with Crippen molar-refractivity contribution in [2.75, 3.05) is 6.54 Å². The van der Waals surface area contributed by atoms with E-state index in [9.17, 15) is 0 Å². The van der Waals surface area contributed by atoms with E-state index in [4.69, 9.17) is 11.6 Å². The zero-order chi connectivity index (χ0) is 11.9. The molecule has 1 aliphatic carbocycles. The molecule has 1 nitrogen and oxygen atoms in total. The Balaban J connectivity index is 1.77. The zero-order valence-electron chi connectivity index (χ0n) is 10.4. The summed E-state index contributed by atoms with van der Waals surface area (Å²) in [5.74, 6) is 0. The van der Waals surface area contributed by atoms with Crippen LogP contribution in [-0.4, -0.2) is 12.6 Å². The van der Waals surface area contributed by atoms with Crippen molar-refractivity contribution in [2.45, 2.75) is 49.9 Å². The highest BCUT2D eigenvalue weighted by molar-refractivity contribution is 6.21. The first kappa shape index (κ1) is 12.9. The van der Waals surface area contributed by atoms with Crippen molar-refractivity contribution >= 4 is 11.6 Å². The first-order valence-electron chi connectivity index (χ1n) is 6.78. The van der Waals surface area contributed by atoms with Crippen LogP contribution >= 0.6 is 11.6 Å². The maximum absolute atomic E-state index is 6.40. The van der Waals surface area contributed by atoms with Crippen molar-refractivity contribution in [1.82, 2.24) is 5.32 Å². The summed E-state index contributed by atoms with van der Waals surface area (Å²) >= 11 is 6.40. The number of hydrogen-bond donors (Lipinski definition) is 1. The van der Waals surface area contributed by atoms with Gasteiger partial charge in [-0.15, -0.1) is 11.6 Å². The maximum atomic E-state index is 6.40. The second-order valence-electron chi connectivity index (χ2n) is 4.97. The van der Waals surface area contributed by atoms with Crippen LogP contribution in [0.4, 0.5) is 0 Å². The summed E-state index contributed by atoms with van der Waals surface area (Å²) < 4.78 is 0. The molecule has 0 spiro atoms. The van der Waals surface area contributed by atoms with Crippen LogP contribution in [0, 0.1) is 0 Å². The lowest BCUT2D eigenvalue weighted by Gasteiger charge is -2.18. The second-order valence-corrected chi connectivity index (χ2v) is 5.50. The molecule has 0 saturated heterocycles. The number of benzene rings is 1. The van der Waals surface area contributed by atoms with Crippen LogP contribution in [0.15, 0.2) is 30.3 Å². The van der Waals surface area contributed by atoms with Crippen molar-refractivity contribution in [3.8, 4) is 0 Å². The molecule has 1 atom stereocenters. The maximum Gasteiger partial charge on any atom is 0.0709 e. The highest BCUT2D eigenvalue weighted by Crippen LogP contribution is 2.21. The molecule has 1 aliphatic rings. The number of halogens is 1. The van der Waals surface area contributed by atoms with E-state index in [0.717, 1.165) is 6.54 Å². The van der Waals surface area contributed by atoms with E-state index >= 15 is 0 Å². The monoisotopic (exact) mass is 251 g/mol. The summed E-state index contributed by atoms with van der Waals surface area (Å²) in [6, 6.07) is 11.0. The fraction of sp³-hybridized carbons (Fsp3) is 0.600. The van der Waals surface area contributed by atoms with Gasteiger partial charge in [-0.25, -0.2) is 0 Å². The van der Waals surface area contributed by atoms with Crippen LogP contribution in [0.5, 0.6) is 0 Å². The molecule has 17 heavy (non-hydrogen) atoms. The van der Waals surface area contributed by atoms with E-state index in [1.165, 1.54) is 44.1 Å². The molecule has 1 fully saturated rings. The Morgan fingerprint density at radius 3 is 2.35 bits per heavy atom. The summed E-state index contributed by atoms with van der Waals surface area (Å²) in [7, 11) is 0. The molecule has 0 aliphatic heterocycles. The van der Waals surface area contributed by atoms with Crippen LogP contribution < -0.4 is 5.32 Å². The average Bonchev–Trinajstić information content (AvgIpc) is 2.65. The minimum absolute atomic E-state index is 0.0967. The van der Waals surface area contributed by atoms with E-state index in [0.29, 0.717) is 6.04 Å². The highest BCUT2D eigenvalue weighted by Gasteiger charge is 2.14. The van der Waals surface area contributed by atoms with Crippen molar-refractivity contribution < 1.29 is 0 Å². The quantitative estimate of drug-likeness (QED) is 0.622. The van der Waals surface area contributed by atoms with Crippen LogP contribution in [0.3, 0.4) is 0 Å². The molecule has 0 amide bonds. The normalized spacial score (nSPS) is 19.8. The SMILES string of the molecule is ClC(CNC1CCCCCC1)c1ccccc1. The molecule has 1 aromatic rings. The van der Waals surface area contributed by atoms with Gasteiger partial charge in [-0.2, -0.15) is 0 Å². The minimum atomic E-state index is 0.0967. The second kappa shape index (κ2) is 7.03. The fourth-order valence-electron chi connectivity index (χ4n) is 2.53. The third kappa shape index (κ3) is 4.33. The molecule has 0 aromatic heterocycles. The van der Waals surface area contributed by atoms with E-state index in [2.05, 4.69) is 29.6 Å². The standard InChI is InChI=1S/C15H22ClN/c16-15(13-8-4-3-5-9-13)12-17-14-10-6-1-2-7-11-14/h3-5,8-9,14-15,17H,1-2,6-7,10-12H2. The van der Waals surface area contributed by atoms with Crippen LogP contribution in [-0.2, 0) is 0 Å². The molecule has 0 radical (unpaired) electrons. The van der Waals surface area contributed by atoms with E-state index in [1.54, 1.807) is 0 Å². The van der Waals surface area contributed by atoms with Gasteiger partial charge in [0, 0.05) is 12.6 Å². The number of rotatable bonds is 4. The van der Waals surface area contributed by atoms with Gasteiger partial charge in [0.1, 0.15) is 0 Å². The smallest absolute Gasteiger partial charge is 0.0709 e. The van der Waals surface area contributed by atoms with Crippen LogP contribution in [0.25, 0.3) is 0 Å². The number of alkyl halides is 1. The van der Waals surface area contributed by atoms with Gasteiger partial charge in [0.2, 0.25) is 0 Å². The first-order chi connectivity index (χ1) is 8.36. The Morgan fingerprint density at radius 1 is 1.06 bits per heavy atom. The lowest BCUT2D eigenvalue weighted by molar-refractivity contribution is 0.460. The van der Waals surface area contributed by atoms with Gasteiger partial charge < -0.3 is 5.32 Å². The zero-order valence-corrected chi connectivity index (χ0v) is 11.1. The Bertz CT molecular complexity index is 304. The average molecular weight is 252 g/mol. The molecule has 1 unspecified atom stereocenters. The third-order valence-electron chi connectivity index (χ3n) is 3.60. The summed E-state index contributed by atoms with van der Waals surface area (Å²) in [5, 5.41) is 3.72. The number of hydrogen-bond acceptors (Lipinski definition) is 1. The molecule has 1 aromatic carbocycles. The van der Waals surface area contributed by atoms with Crippen LogP contribution in [0.1, 0.15) is 49.5 Å². The Kier molecular flexibility index (Phi) is 5.34. The van der Waals surface area contributed by atoms with Gasteiger partial charge in [-0.1, -0.05) is 56.0 Å². The van der Waals surface area contributed by atoms with Gasteiger partial charge in [0.15, 0.2) is 0 Å². The highest BCUT2D eigenvalue weighted by atomic mass is 35.5. The molecule has 2 heteroatoms. The Labute approximate surface area is 110 Å². The summed E-state index contributed by atoms with van der Waals surface area (Å²) in [6.07, 6.45) is 8.19. The largest absolute Gasteiger partial charge is 0.312 e. The lowest BCUT2D eigenvalue weighted by atomic mass is 10.1. The molecule has 0 heterocycles. The Morgan fingerprint density at radius 2 is 1.71 bits per heavy atom. The third-order valence-corrected chi connectivity index (χ3v) is 4.01. The topological polar surface area (TPSA) is 12.0 Å². The molecular weight excluding hydrogens is 230 g/mol. The van der Waals surface area contributed by atoms with Gasteiger partial charge in [0.05, 0.1) is 5.38 Å². The molecule has 2 rings (SSSR count). The van der Waals surface area contributed by atoms with Gasteiger partial charge in [0.25, 0.3) is 0 Å². The van der Waals surface area contributed by atoms with Crippen LogP contribution in [0.2, 0.25) is 0 Å². The summed E-state index contributed by atoms with van der Waals surface area (Å²) in [5.41, 5.74) is 1.22. The molecule has 1 saturated carbocycles. The van der Waals surface area contributed by atoms with Crippen molar-refractivity contribution in [1.29, 1.82) is 0 Å². The summed E-state index contributed by atoms with van der Waals surface area (Å²) in [4.78, 5) is 0. The van der Waals surface area contributed by atoms with Gasteiger partial charge in [-0.3, -0.25) is 0 Å². The van der Waals surface area contributed by atoms with E-state index < -0.39 is 0 Å². The predicted molar refractivity (Wildman–Crippen MR) is 74.5 cm³/mol.